The zero-order chi connectivity index (χ0) is 36.4. The zero-order valence-electron chi connectivity index (χ0n) is 31.1. The second-order valence-corrected chi connectivity index (χ2v) is 18.8. The summed E-state index contributed by atoms with van der Waals surface area (Å²) in [6, 6.07) is -0.972. The summed E-state index contributed by atoms with van der Waals surface area (Å²) in [5, 5.41) is 42.8. The van der Waals surface area contributed by atoms with Gasteiger partial charge in [0.15, 0.2) is 12.4 Å². The van der Waals surface area contributed by atoms with E-state index in [0.717, 1.165) is 44.9 Å². The van der Waals surface area contributed by atoms with Crippen molar-refractivity contribution in [1.29, 1.82) is 0 Å². The number of carbonyl (C=O) groups excluding carboxylic acids is 1. The molecular formula is C38H62N2O10. The molecule has 12 nitrogen and oxygen atoms in total. The van der Waals surface area contributed by atoms with Crippen LogP contribution >= 0.6 is 0 Å². The number of nitrogens with two attached hydrogens (primary N) is 1. The molecule has 7 aliphatic rings. The lowest BCUT2D eigenvalue weighted by Crippen LogP contribution is -2.70. The number of hydrogen-bond acceptors (Lipinski definition) is 11. The first-order valence-corrected chi connectivity index (χ1v) is 19.2. The summed E-state index contributed by atoms with van der Waals surface area (Å²) < 4.78 is 25.1. The number of hydrogen-bond donors (Lipinski definition) is 5. The molecule has 6 N–H and O–H groups in total. The number of esters is 1. The number of morpholine rings is 1. The van der Waals surface area contributed by atoms with Gasteiger partial charge in [-0.1, -0.05) is 27.7 Å². The van der Waals surface area contributed by atoms with Crippen molar-refractivity contribution in [3.8, 4) is 0 Å². The summed E-state index contributed by atoms with van der Waals surface area (Å²) in [5.74, 6) is -0.758. The Hall–Kier alpha value is -1.38. The van der Waals surface area contributed by atoms with E-state index in [0.29, 0.717) is 32.0 Å². The smallest absolute Gasteiger partial charge is 0.323 e. The number of ether oxygens (including phenoxy) is 4. The summed E-state index contributed by atoms with van der Waals surface area (Å²) in [5.41, 5.74) is 5.29. The molecule has 2 spiro atoms. The Bertz CT molecular complexity index is 1350. The van der Waals surface area contributed by atoms with Crippen molar-refractivity contribution in [2.24, 2.45) is 51.1 Å². The Morgan fingerprint density at radius 1 is 1.08 bits per heavy atom. The topological polar surface area (TPSA) is 181 Å². The minimum absolute atomic E-state index is 0.0465. The molecular weight excluding hydrogens is 644 g/mol. The van der Waals surface area contributed by atoms with E-state index >= 15 is 0 Å². The first-order chi connectivity index (χ1) is 23.3. The molecule has 0 aromatic carbocycles. The number of carbonyl (C=O) groups is 2. The monoisotopic (exact) mass is 706 g/mol. The number of carboxylic acid groups (broad SMARTS) is 1. The van der Waals surface area contributed by atoms with Gasteiger partial charge in [-0.2, -0.15) is 0 Å². The summed E-state index contributed by atoms with van der Waals surface area (Å²) in [4.78, 5) is 25.5. The molecule has 2 heterocycles. The van der Waals surface area contributed by atoms with Gasteiger partial charge in [0, 0.05) is 13.5 Å². The first-order valence-electron chi connectivity index (χ1n) is 19.2. The quantitative estimate of drug-likeness (QED) is 0.233. The van der Waals surface area contributed by atoms with Crippen LogP contribution in [0.3, 0.4) is 0 Å². The zero-order valence-corrected chi connectivity index (χ0v) is 31.1. The minimum atomic E-state index is -1.31. The highest BCUT2D eigenvalue weighted by atomic mass is 16.7. The fraction of sp³-hybridized carbons (Fsp3) is 0.947. The van der Waals surface area contributed by atoms with E-state index in [2.05, 4.69) is 27.7 Å². The van der Waals surface area contributed by atoms with Crippen molar-refractivity contribution in [1.82, 2.24) is 4.90 Å². The number of aliphatic hydroxyl groups is 3. The van der Waals surface area contributed by atoms with Crippen LogP contribution in [-0.2, 0) is 28.5 Å². The van der Waals surface area contributed by atoms with E-state index in [4.69, 9.17) is 24.7 Å². The molecule has 0 amide bonds. The van der Waals surface area contributed by atoms with Crippen molar-refractivity contribution in [3.63, 3.8) is 0 Å². The Morgan fingerprint density at radius 2 is 1.76 bits per heavy atom. The maximum atomic E-state index is 12.4. The molecule has 2 aliphatic heterocycles. The van der Waals surface area contributed by atoms with Crippen LogP contribution in [0.2, 0.25) is 0 Å². The van der Waals surface area contributed by atoms with Crippen molar-refractivity contribution in [3.05, 3.63) is 0 Å². The molecule has 5 saturated carbocycles. The van der Waals surface area contributed by atoms with Gasteiger partial charge < -0.3 is 45.1 Å². The van der Waals surface area contributed by atoms with Crippen LogP contribution in [0.25, 0.3) is 0 Å². The lowest BCUT2D eigenvalue weighted by atomic mass is 9.43. The highest BCUT2D eigenvalue weighted by Gasteiger charge is 2.85. The summed E-state index contributed by atoms with van der Waals surface area (Å²) in [6.07, 6.45) is 4.12. The molecule has 284 valence electrons. The average molecular weight is 707 g/mol. The van der Waals surface area contributed by atoms with Gasteiger partial charge in [-0.15, -0.1) is 0 Å². The van der Waals surface area contributed by atoms with Crippen molar-refractivity contribution in [2.75, 3.05) is 26.3 Å². The average Bonchev–Trinajstić information content (AvgIpc) is 3.65. The lowest BCUT2D eigenvalue weighted by molar-refractivity contribution is -0.249. The SMILES string of the molecule is CC(=O)O[C@@H](C1C[C@@H](C)[C@H]2C(O1)[C@H](O)[C@@]1(N)C3CC[C@H]4C(C)(C)[C@@H](O[C@H]5CN([C@@H](CO)C(=O)O)CCO5)CC[C@@]45C[C@@]35CC[C@]21C)C(C)(C)O. The number of nitrogens with zero attached hydrogens (tertiary/aromatic N) is 1. The number of carboxylic acids is 1. The second kappa shape index (κ2) is 12.1. The lowest BCUT2D eigenvalue weighted by Gasteiger charge is -2.63. The predicted octanol–water partition coefficient (Wildman–Crippen LogP) is 2.68. The molecule has 0 aromatic rings. The van der Waals surface area contributed by atoms with Gasteiger partial charge in [-0.25, -0.2) is 0 Å². The van der Waals surface area contributed by atoms with Gasteiger partial charge in [0.1, 0.15) is 6.04 Å². The van der Waals surface area contributed by atoms with Crippen LogP contribution in [0.15, 0.2) is 0 Å². The predicted molar refractivity (Wildman–Crippen MR) is 181 cm³/mol. The largest absolute Gasteiger partial charge is 0.480 e. The molecule has 50 heavy (non-hydrogen) atoms. The summed E-state index contributed by atoms with van der Waals surface area (Å²) in [7, 11) is 0. The Labute approximate surface area is 296 Å². The van der Waals surface area contributed by atoms with Crippen LogP contribution in [0, 0.1) is 45.3 Å². The maximum absolute atomic E-state index is 12.4. The molecule has 5 aliphatic carbocycles. The number of aliphatic carboxylic acids is 1. The molecule has 15 atom stereocenters. The van der Waals surface area contributed by atoms with E-state index in [1.54, 1.807) is 18.7 Å². The number of aliphatic hydroxyl groups excluding tert-OH is 2. The molecule has 0 radical (unpaired) electrons. The highest BCUT2D eigenvalue weighted by molar-refractivity contribution is 5.73. The van der Waals surface area contributed by atoms with E-state index in [-0.39, 0.29) is 45.5 Å². The normalized spacial score (nSPS) is 49.3. The molecule has 2 saturated heterocycles. The van der Waals surface area contributed by atoms with Crippen molar-refractivity contribution < 1.29 is 49.0 Å². The van der Waals surface area contributed by atoms with E-state index in [1.165, 1.54) is 6.92 Å². The van der Waals surface area contributed by atoms with Crippen LogP contribution in [-0.4, -0.2) is 118 Å². The van der Waals surface area contributed by atoms with Gasteiger partial charge in [-0.05, 0) is 111 Å². The van der Waals surface area contributed by atoms with Gasteiger partial charge in [0.05, 0.1) is 55.3 Å². The number of fused-ring (bicyclic) bond motifs is 4. The number of rotatable bonds is 8. The Kier molecular flexibility index (Phi) is 8.92. The fourth-order valence-electron chi connectivity index (χ4n) is 13.8. The summed E-state index contributed by atoms with van der Waals surface area (Å²) in [6.45, 7) is 14.4. The van der Waals surface area contributed by atoms with Crippen molar-refractivity contribution >= 4 is 11.9 Å². The fourth-order valence-corrected chi connectivity index (χ4v) is 13.8. The third kappa shape index (κ3) is 5.05. The Balaban J connectivity index is 1.11. The van der Waals surface area contributed by atoms with Crippen molar-refractivity contribution in [2.45, 2.75) is 154 Å². The van der Waals surface area contributed by atoms with E-state index in [1.807, 2.05) is 0 Å². The van der Waals surface area contributed by atoms with E-state index in [9.17, 15) is 30.0 Å². The van der Waals surface area contributed by atoms with Crippen LogP contribution < -0.4 is 5.73 Å². The van der Waals surface area contributed by atoms with Gasteiger partial charge in [-0.3, -0.25) is 14.5 Å². The third-order valence-corrected chi connectivity index (χ3v) is 15.9. The third-order valence-electron chi connectivity index (χ3n) is 15.9. The highest BCUT2D eigenvalue weighted by Crippen LogP contribution is 2.87. The molecule has 3 unspecified atom stereocenters. The molecule has 7 rings (SSSR count). The van der Waals surface area contributed by atoms with Crippen LogP contribution in [0.4, 0.5) is 0 Å². The minimum Gasteiger partial charge on any atom is -0.480 e. The standard InChI is InChI=1S/C38H62N2O10/c1-20-16-23(31(34(5,6)46)48-21(2)42)49-29-28(20)35(7)12-13-37-19-36(37)11-10-26(50-27-17-40(14-15-47-27)22(18-41)32(44)45)33(3,4)24(36)8-9-25(37)38(35,39)30(29)43/h20,22-31,41,43,46H,8-19,39H2,1-7H3,(H,44,45)/t20-,22+,23?,24+,25?,26+,27+,28+,29?,30+,31+,35-,36-,37+,38+/m1/s1. The van der Waals surface area contributed by atoms with Crippen LogP contribution in [0.1, 0.15) is 99.8 Å². The molecule has 0 aromatic heterocycles. The Morgan fingerprint density at radius 3 is 2.40 bits per heavy atom. The molecule has 7 fully saturated rings. The summed E-state index contributed by atoms with van der Waals surface area (Å²) >= 11 is 0. The van der Waals surface area contributed by atoms with Gasteiger partial charge >= 0.3 is 11.9 Å². The second-order valence-electron chi connectivity index (χ2n) is 18.8. The molecule has 12 heteroatoms. The first kappa shape index (κ1) is 37.0. The van der Waals surface area contributed by atoms with E-state index < -0.39 is 66.4 Å². The van der Waals surface area contributed by atoms with Gasteiger partial charge in [0.2, 0.25) is 0 Å². The molecule has 0 bridgehead atoms. The van der Waals surface area contributed by atoms with Gasteiger partial charge in [0.25, 0.3) is 0 Å². The van der Waals surface area contributed by atoms with Crippen LogP contribution in [0.5, 0.6) is 0 Å². The maximum Gasteiger partial charge on any atom is 0.323 e.